The van der Waals surface area contributed by atoms with E-state index < -0.39 is 0 Å². The highest BCUT2D eigenvalue weighted by atomic mass is 32.2. The molecular formula is C48H31NS2. The molecule has 51 heavy (non-hydrogen) atoms. The number of para-hydroxylation sites is 2. The Morgan fingerprint density at radius 3 is 1.69 bits per heavy atom. The molecule has 9 aromatic rings. The smallest absolute Gasteiger partial charge is 0.0541 e. The fourth-order valence-corrected chi connectivity index (χ4v) is 9.89. The third-order valence-corrected chi connectivity index (χ3v) is 12.2. The van der Waals surface area contributed by atoms with Crippen molar-refractivity contribution in [1.82, 2.24) is 4.57 Å². The van der Waals surface area contributed by atoms with Crippen LogP contribution in [0, 0.1) is 0 Å². The van der Waals surface area contributed by atoms with Gasteiger partial charge in [0, 0.05) is 36.0 Å². The molecule has 0 amide bonds. The summed E-state index contributed by atoms with van der Waals surface area (Å²) in [6.45, 7) is 0. The predicted octanol–water partition coefficient (Wildman–Crippen LogP) is 14.1. The molecule has 0 saturated heterocycles. The minimum atomic E-state index is 1.17. The number of hydrogen-bond donors (Lipinski definition) is 0. The Hall–Kier alpha value is -5.74. The van der Waals surface area contributed by atoms with Gasteiger partial charge >= 0.3 is 0 Å². The summed E-state index contributed by atoms with van der Waals surface area (Å²) in [5.41, 5.74) is 13.5. The molecular weight excluding hydrogens is 655 g/mol. The summed E-state index contributed by atoms with van der Waals surface area (Å²) in [4.78, 5) is 5.05. The SMILES string of the molecule is c1ccc(-c2cccc3c2Sc2cc(-c4ccc5c(c4)c4ccccc4n5-c4ccccc4)ccc2-c2ccccc2Sc2ccccc2-3)cc1. The molecule has 0 fully saturated rings. The number of aromatic nitrogens is 1. The summed E-state index contributed by atoms with van der Waals surface area (Å²) in [5, 5.41) is 2.52. The Bertz CT molecular complexity index is 2740. The maximum atomic E-state index is 2.41. The van der Waals surface area contributed by atoms with Crippen molar-refractivity contribution in [2.24, 2.45) is 0 Å². The van der Waals surface area contributed by atoms with Crippen LogP contribution in [0.3, 0.4) is 0 Å². The molecule has 0 unspecified atom stereocenters. The molecule has 10 rings (SSSR count). The van der Waals surface area contributed by atoms with E-state index in [4.69, 9.17) is 0 Å². The van der Waals surface area contributed by atoms with E-state index in [1.54, 1.807) is 0 Å². The summed E-state index contributed by atoms with van der Waals surface area (Å²) in [7, 11) is 0. The molecule has 2 heterocycles. The van der Waals surface area contributed by atoms with Crippen molar-refractivity contribution < 1.29 is 0 Å². The van der Waals surface area contributed by atoms with E-state index >= 15 is 0 Å². The Morgan fingerprint density at radius 2 is 0.882 bits per heavy atom. The Morgan fingerprint density at radius 1 is 0.314 bits per heavy atom. The zero-order valence-corrected chi connectivity index (χ0v) is 29.3. The van der Waals surface area contributed by atoms with Crippen molar-refractivity contribution in [3.05, 3.63) is 188 Å². The highest BCUT2D eigenvalue weighted by Crippen LogP contribution is 2.51. The van der Waals surface area contributed by atoms with E-state index in [0.29, 0.717) is 0 Å². The van der Waals surface area contributed by atoms with Gasteiger partial charge < -0.3 is 4.57 Å². The lowest BCUT2D eigenvalue weighted by molar-refractivity contribution is 1.18. The molecule has 0 spiro atoms. The molecule has 0 radical (unpaired) electrons. The van der Waals surface area contributed by atoms with E-state index in [9.17, 15) is 0 Å². The van der Waals surface area contributed by atoms with Crippen molar-refractivity contribution in [1.29, 1.82) is 0 Å². The van der Waals surface area contributed by atoms with Crippen LogP contribution in [0.2, 0.25) is 0 Å². The van der Waals surface area contributed by atoms with Gasteiger partial charge in [-0.2, -0.15) is 0 Å². The molecule has 1 aliphatic heterocycles. The van der Waals surface area contributed by atoms with E-state index in [2.05, 4.69) is 193 Å². The van der Waals surface area contributed by atoms with Crippen LogP contribution >= 0.6 is 23.5 Å². The van der Waals surface area contributed by atoms with E-state index in [1.807, 2.05) is 23.5 Å². The lowest BCUT2D eigenvalue weighted by Gasteiger charge is -2.22. The maximum Gasteiger partial charge on any atom is 0.0541 e. The van der Waals surface area contributed by atoms with Crippen LogP contribution in [0.4, 0.5) is 0 Å². The molecule has 0 N–H and O–H groups in total. The maximum absolute atomic E-state index is 2.41. The van der Waals surface area contributed by atoms with Crippen LogP contribution in [0.15, 0.2) is 208 Å². The molecule has 0 bridgehead atoms. The van der Waals surface area contributed by atoms with Gasteiger partial charge in [-0.25, -0.2) is 0 Å². The van der Waals surface area contributed by atoms with E-state index in [1.165, 1.54) is 91.6 Å². The second-order valence-corrected chi connectivity index (χ2v) is 15.0. The van der Waals surface area contributed by atoms with Crippen molar-refractivity contribution in [2.45, 2.75) is 19.6 Å². The van der Waals surface area contributed by atoms with Gasteiger partial charge in [-0.05, 0) is 93.0 Å². The van der Waals surface area contributed by atoms with Gasteiger partial charge in [-0.15, -0.1) is 0 Å². The molecule has 0 saturated carbocycles. The monoisotopic (exact) mass is 685 g/mol. The minimum absolute atomic E-state index is 1.17. The van der Waals surface area contributed by atoms with Gasteiger partial charge in [0.1, 0.15) is 0 Å². The van der Waals surface area contributed by atoms with Crippen LogP contribution in [-0.4, -0.2) is 4.57 Å². The zero-order valence-electron chi connectivity index (χ0n) is 27.7. The summed E-state index contributed by atoms with van der Waals surface area (Å²) >= 11 is 3.75. The van der Waals surface area contributed by atoms with Crippen molar-refractivity contribution in [3.63, 3.8) is 0 Å². The average Bonchev–Trinajstić information content (AvgIpc) is 3.53. The number of benzene rings is 8. The van der Waals surface area contributed by atoms with Gasteiger partial charge in [0.05, 0.1) is 11.0 Å². The van der Waals surface area contributed by atoms with Gasteiger partial charge in [0.15, 0.2) is 0 Å². The summed E-state index contributed by atoms with van der Waals surface area (Å²) in [6, 6.07) is 68.8. The second kappa shape index (κ2) is 12.5. The highest BCUT2D eigenvalue weighted by Gasteiger charge is 2.22. The van der Waals surface area contributed by atoms with Crippen molar-refractivity contribution in [2.75, 3.05) is 0 Å². The van der Waals surface area contributed by atoms with Crippen molar-refractivity contribution in [3.8, 4) is 50.2 Å². The Kier molecular flexibility index (Phi) is 7.41. The van der Waals surface area contributed by atoms with Crippen LogP contribution in [-0.2, 0) is 0 Å². The number of hydrogen-bond acceptors (Lipinski definition) is 2. The standard InChI is InChI=1S/C48H31NS2/c1-3-14-32(15-4-1)36-21-13-22-41-39-20-9-12-25-46(39)50-45-24-11-8-19-38(45)40-28-26-34(31-47(40)51-48(36)41)33-27-29-44-42(30-33)37-18-7-10-23-43(37)49(44)35-16-5-2-6-17-35/h1-31H. The predicted molar refractivity (Wildman–Crippen MR) is 217 cm³/mol. The molecule has 8 aromatic carbocycles. The summed E-state index contributed by atoms with van der Waals surface area (Å²) in [5.74, 6) is 0. The van der Waals surface area contributed by atoms with Gasteiger partial charge in [0.2, 0.25) is 0 Å². The third kappa shape index (κ3) is 5.20. The molecule has 0 atom stereocenters. The first kappa shape index (κ1) is 30.1. The number of fused-ring (bicyclic) bond motifs is 9. The summed E-state index contributed by atoms with van der Waals surface area (Å²) < 4.78 is 2.38. The van der Waals surface area contributed by atoms with Crippen LogP contribution in [0.5, 0.6) is 0 Å². The number of nitrogens with zero attached hydrogens (tertiary/aromatic N) is 1. The van der Waals surface area contributed by atoms with Gasteiger partial charge in [0.25, 0.3) is 0 Å². The van der Waals surface area contributed by atoms with E-state index in [-0.39, 0.29) is 0 Å². The zero-order chi connectivity index (χ0) is 33.7. The quantitative estimate of drug-likeness (QED) is 0.182. The minimum Gasteiger partial charge on any atom is -0.309 e. The molecule has 3 heteroatoms. The normalized spacial score (nSPS) is 12.2. The van der Waals surface area contributed by atoms with Gasteiger partial charge in [-0.1, -0.05) is 163 Å². The second-order valence-electron chi connectivity index (χ2n) is 12.9. The number of rotatable bonds is 3. The van der Waals surface area contributed by atoms with Crippen LogP contribution in [0.1, 0.15) is 0 Å². The first-order chi connectivity index (χ1) is 25.3. The molecule has 0 aliphatic carbocycles. The lowest BCUT2D eigenvalue weighted by Crippen LogP contribution is -1.95. The first-order valence-electron chi connectivity index (χ1n) is 17.3. The summed E-state index contributed by atoms with van der Waals surface area (Å²) in [6.07, 6.45) is 0. The molecule has 1 aliphatic rings. The molecule has 240 valence electrons. The Labute approximate surface area is 306 Å². The first-order valence-corrected chi connectivity index (χ1v) is 18.9. The van der Waals surface area contributed by atoms with E-state index in [0.717, 1.165) is 0 Å². The Balaban J connectivity index is 1.20. The van der Waals surface area contributed by atoms with Gasteiger partial charge in [-0.3, -0.25) is 0 Å². The fraction of sp³-hybridized carbons (Fsp3) is 0. The molecule has 1 nitrogen and oxygen atoms in total. The van der Waals surface area contributed by atoms with Crippen LogP contribution in [0.25, 0.3) is 72.0 Å². The van der Waals surface area contributed by atoms with Crippen molar-refractivity contribution >= 4 is 45.3 Å². The third-order valence-electron chi connectivity index (χ3n) is 9.89. The largest absolute Gasteiger partial charge is 0.309 e. The van der Waals surface area contributed by atoms with Crippen LogP contribution < -0.4 is 0 Å². The lowest BCUT2D eigenvalue weighted by atomic mass is 9.98. The topological polar surface area (TPSA) is 4.93 Å². The molecule has 1 aromatic heterocycles. The fourth-order valence-electron chi connectivity index (χ4n) is 7.51. The average molecular weight is 686 g/mol. The highest BCUT2D eigenvalue weighted by molar-refractivity contribution is 8.00.